The Balaban J connectivity index is 0.00000280. The van der Waals surface area contributed by atoms with Crippen molar-refractivity contribution < 1.29 is 9.21 Å². The third-order valence-electron chi connectivity index (χ3n) is 3.72. The number of amides is 1. The number of halogens is 1. The summed E-state index contributed by atoms with van der Waals surface area (Å²) in [5, 5.41) is 10.3. The number of aliphatic imine (C=N–C) groups is 1. The topological polar surface area (TPSA) is 91.5 Å². The number of nitrogens with one attached hydrogen (secondary N) is 3. The fourth-order valence-corrected chi connectivity index (χ4v) is 3.08. The van der Waals surface area contributed by atoms with E-state index in [-0.39, 0.29) is 35.6 Å². The normalized spacial score (nSPS) is 10.9. The molecule has 2 heterocycles. The van der Waals surface area contributed by atoms with Crippen LogP contribution in [0.2, 0.25) is 0 Å². The van der Waals surface area contributed by atoms with E-state index in [9.17, 15) is 4.79 Å². The molecule has 0 aliphatic heterocycles. The van der Waals surface area contributed by atoms with Gasteiger partial charge in [0, 0.05) is 30.4 Å². The Morgan fingerprint density at radius 3 is 2.54 bits per heavy atom. The summed E-state index contributed by atoms with van der Waals surface area (Å²) in [4.78, 5) is 21.7. The first-order valence-corrected chi connectivity index (χ1v) is 9.25. The molecule has 28 heavy (non-hydrogen) atoms. The number of guanidine groups is 1. The summed E-state index contributed by atoms with van der Waals surface area (Å²) in [5.41, 5.74) is 1.78. The number of rotatable bonds is 6. The number of nitrogens with zero attached hydrogens (tertiary/aromatic N) is 2. The molecular weight excluding hydrogens is 489 g/mol. The number of furan rings is 1. The van der Waals surface area contributed by atoms with E-state index in [0.29, 0.717) is 24.7 Å². The van der Waals surface area contributed by atoms with Crippen molar-refractivity contribution in [1.29, 1.82) is 0 Å². The fraction of sp³-hybridized carbons (Fsp3) is 0.211. The molecule has 2 aromatic heterocycles. The summed E-state index contributed by atoms with van der Waals surface area (Å²) in [6.45, 7) is 3.29. The molecule has 9 heteroatoms. The Labute approximate surface area is 184 Å². The number of carbonyl (C=O) groups is 1. The standard InChI is InChI=1S/C19H21N5O2S.HI/c1-13-10-21-17(27-13)12-23-19(20-2)22-11-14-5-7-15(8-6-14)24-18(25)16-4-3-9-26-16;/h3-10H,11-12H2,1-2H3,(H,24,25)(H2,20,22,23);1H. The van der Waals surface area contributed by atoms with Gasteiger partial charge in [-0.1, -0.05) is 12.1 Å². The van der Waals surface area contributed by atoms with Crippen LogP contribution < -0.4 is 16.0 Å². The Kier molecular flexibility index (Phi) is 8.45. The Morgan fingerprint density at radius 2 is 1.93 bits per heavy atom. The van der Waals surface area contributed by atoms with E-state index in [1.165, 1.54) is 11.1 Å². The Morgan fingerprint density at radius 1 is 1.18 bits per heavy atom. The molecule has 148 valence electrons. The minimum Gasteiger partial charge on any atom is -0.459 e. The second kappa shape index (κ2) is 10.8. The van der Waals surface area contributed by atoms with Gasteiger partial charge in [-0.05, 0) is 36.8 Å². The van der Waals surface area contributed by atoms with Gasteiger partial charge in [-0.2, -0.15) is 0 Å². The Bertz CT molecular complexity index is 907. The van der Waals surface area contributed by atoms with E-state index in [2.05, 4.69) is 25.9 Å². The van der Waals surface area contributed by atoms with E-state index in [0.717, 1.165) is 10.6 Å². The van der Waals surface area contributed by atoms with Crippen molar-refractivity contribution in [3.8, 4) is 0 Å². The van der Waals surface area contributed by atoms with Gasteiger partial charge in [0.15, 0.2) is 11.7 Å². The van der Waals surface area contributed by atoms with Crippen molar-refractivity contribution in [2.45, 2.75) is 20.0 Å². The van der Waals surface area contributed by atoms with Crippen molar-refractivity contribution in [3.63, 3.8) is 0 Å². The molecule has 1 aromatic carbocycles. The zero-order chi connectivity index (χ0) is 19.1. The number of carbonyl (C=O) groups excluding carboxylic acids is 1. The van der Waals surface area contributed by atoms with Crippen LogP contribution in [0.4, 0.5) is 5.69 Å². The summed E-state index contributed by atoms with van der Waals surface area (Å²) in [6, 6.07) is 10.9. The minimum absolute atomic E-state index is 0. The van der Waals surface area contributed by atoms with E-state index in [1.807, 2.05) is 37.4 Å². The Hall–Kier alpha value is -2.40. The SMILES string of the molecule is CN=C(NCc1ccc(NC(=O)c2ccco2)cc1)NCc1ncc(C)s1.I. The zero-order valence-corrected chi connectivity index (χ0v) is 18.7. The third kappa shape index (κ3) is 6.34. The van der Waals surface area contributed by atoms with Gasteiger partial charge < -0.3 is 20.4 Å². The highest BCUT2D eigenvalue weighted by atomic mass is 127. The quantitative estimate of drug-likeness (QED) is 0.266. The smallest absolute Gasteiger partial charge is 0.291 e. The largest absolute Gasteiger partial charge is 0.459 e. The third-order valence-corrected chi connectivity index (χ3v) is 4.63. The summed E-state index contributed by atoms with van der Waals surface area (Å²) in [6.07, 6.45) is 3.34. The lowest BCUT2D eigenvalue weighted by atomic mass is 10.2. The molecule has 0 spiro atoms. The molecule has 0 saturated heterocycles. The fourth-order valence-electron chi connectivity index (χ4n) is 2.36. The first-order chi connectivity index (χ1) is 13.1. The summed E-state index contributed by atoms with van der Waals surface area (Å²) >= 11 is 1.66. The van der Waals surface area contributed by atoms with Crippen LogP contribution in [0.5, 0.6) is 0 Å². The van der Waals surface area contributed by atoms with E-state index in [1.54, 1.807) is 30.5 Å². The second-order valence-electron chi connectivity index (χ2n) is 5.77. The summed E-state index contributed by atoms with van der Waals surface area (Å²) < 4.78 is 5.08. The highest BCUT2D eigenvalue weighted by Gasteiger charge is 2.08. The molecule has 3 aromatic rings. The molecule has 0 unspecified atom stereocenters. The van der Waals surface area contributed by atoms with Gasteiger partial charge >= 0.3 is 0 Å². The van der Waals surface area contributed by atoms with Crippen LogP contribution in [0.1, 0.15) is 26.0 Å². The average molecular weight is 511 g/mol. The van der Waals surface area contributed by atoms with Gasteiger partial charge in [-0.25, -0.2) is 4.98 Å². The number of benzene rings is 1. The van der Waals surface area contributed by atoms with Crippen molar-refractivity contribution in [1.82, 2.24) is 15.6 Å². The van der Waals surface area contributed by atoms with Crippen LogP contribution in [0.3, 0.4) is 0 Å². The van der Waals surface area contributed by atoms with Gasteiger partial charge in [-0.15, -0.1) is 35.3 Å². The zero-order valence-electron chi connectivity index (χ0n) is 15.6. The van der Waals surface area contributed by atoms with Crippen LogP contribution >= 0.6 is 35.3 Å². The maximum absolute atomic E-state index is 12.0. The lowest BCUT2D eigenvalue weighted by molar-refractivity contribution is 0.0996. The van der Waals surface area contributed by atoms with Crippen molar-refractivity contribution in [2.24, 2.45) is 4.99 Å². The number of aryl methyl sites for hydroxylation is 1. The highest BCUT2D eigenvalue weighted by Crippen LogP contribution is 2.12. The predicted molar refractivity (Wildman–Crippen MR) is 122 cm³/mol. The van der Waals surface area contributed by atoms with Crippen LogP contribution in [0.15, 0.2) is 58.3 Å². The number of aromatic nitrogens is 1. The van der Waals surface area contributed by atoms with E-state index >= 15 is 0 Å². The molecule has 7 nitrogen and oxygen atoms in total. The lowest BCUT2D eigenvalue weighted by Gasteiger charge is -2.11. The lowest BCUT2D eigenvalue weighted by Crippen LogP contribution is -2.36. The van der Waals surface area contributed by atoms with Gasteiger partial charge in [0.2, 0.25) is 0 Å². The number of thiazole rings is 1. The van der Waals surface area contributed by atoms with Gasteiger partial charge in [0.05, 0.1) is 12.8 Å². The summed E-state index contributed by atoms with van der Waals surface area (Å²) in [7, 11) is 1.73. The monoisotopic (exact) mass is 511 g/mol. The van der Waals surface area contributed by atoms with Gasteiger partial charge in [0.1, 0.15) is 5.01 Å². The van der Waals surface area contributed by atoms with E-state index < -0.39 is 0 Å². The molecule has 0 atom stereocenters. The first-order valence-electron chi connectivity index (χ1n) is 8.43. The van der Waals surface area contributed by atoms with Crippen molar-refractivity contribution in [3.05, 3.63) is 70.1 Å². The number of hydrogen-bond acceptors (Lipinski definition) is 5. The molecular formula is C19H22IN5O2S. The maximum atomic E-state index is 12.0. The van der Waals surface area contributed by atoms with Crippen LogP contribution in [-0.4, -0.2) is 23.9 Å². The highest BCUT2D eigenvalue weighted by molar-refractivity contribution is 14.0. The average Bonchev–Trinajstić information content (AvgIpc) is 3.35. The van der Waals surface area contributed by atoms with E-state index in [4.69, 9.17) is 4.42 Å². The molecule has 0 bridgehead atoms. The molecule has 0 fully saturated rings. The second-order valence-corrected chi connectivity index (χ2v) is 7.09. The van der Waals surface area contributed by atoms with Crippen LogP contribution in [0.25, 0.3) is 0 Å². The minimum atomic E-state index is -0.270. The molecule has 1 amide bonds. The van der Waals surface area contributed by atoms with Crippen molar-refractivity contribution in [2.75, 3.05) is 12.4 Å². The number of anilines is 1. The molecule has 0 radical (unpaired) electrons. The van der Waals surface area contributed by atoms with Gasteiger partial charge in [-0.3, -0.25) is 9.79 Å². The summed E-state index contributed by atoms with van der Waals surface area (Å²) in [5.74, 6) is 0.719. The van der Waals surface area contributed by atoms with Crippen LogP contribution in [0, 0.1) is 6.92 Å². The first kappa shape index (κ1) is 21.9. The number of hydrogen-bond donors (Lipinski definition) is 3. The molecule has 0 saturated carbocycles. The molecule has 0 aliphatic rings. The maximum Gasteiger partial charge on any atom is 0.291 e. The van der Waals surface area contributed by atoms with Crippen molar-refractivity contribution >= 4 is 52.9 Å². The molecule has 3 N–H and O–H groups in total. The molecule has 3 rings (SSSR count). The van der Waals surface area contributed by atoms with Gasteiger partial charge in [0.25, 0.3) is 5.91 Å². The predicted octanol–water partition coefficient (Wildman–Crippen LogP) is 3.78. The van der Waals surface area contributed by atoms with Crippen LogP contribution in [-0.2, 0) is 13.1 Å². The molecule has 0 aliphatic carbocycles.